The molecule has 4 nitrogen and oxygen atoms in total. The molecule has 0 fully saturated rings. The van der Waals surface area contributed by atoms with E-state index in [1.807, 2.05) is 12.1 Å². The van der Waals surface area contributed by atoms with Gasteiger partial charge in [0.15, 0.2) is 0 Å². The highest BCUT2D eigenvalue weighted by Gasteiger charge is 2.30. The van der Waals surface area contributed by atoms with E-state index in [2.05, 4.69) is 47.7 Å². The summed E-state index contributed by atoms with van der Waals surface area (Å²) in [6, 6.07) is 10.3. The van der Waals surface area contributed by atoms with Gasteiger partial charge >= 0.3 is 6.03 Å². The fourth-order valence-electron chi connectivity index (χ4n) is 3.06. The molecule has 1 aromatic heterocycles. The van der Waals surface area contributed by atoms with E-state index in [-0.39, 0.29) is 12.1 Å². The number of amides is 2. The smallest absolute Gasteiger partial charge is 0.315 e. The molecule has 1 aliphatic carbocycles. The maximum atomic E-state index is 12.2. The Morgan fingerprint density at radius 2 is 2.23 bits per heavy atom. The number of rotatable bonds is 3. The fourth-order valence-corrected chi connectivity index (χ4v) is 3.06. The molecule has 0 bridgehead atoms. The number of benzene rings is 1. The zero-order chi connectivity index (χ0) is 15.5. The lowest BCUT2D eigenvalue weighted by Gasteiger charge is -2.19. The minimum Gasteiger partial charge on any atom is -0.334 e. The molecule has 2 aromatic rings. The van der Waals surface area contributed by atoms with Crippen molar-refractivity contribution in [3.05, 3.63) is 65.0 Å². The number of carbonyl (C=O) groups is 1. The number of nitrogens with one attached hydrogen (secondary N) is 2. The normalized spacial score (nSPS) is 19.5. The third kappa shape index (κ3) is 3.11. The van der Waals surface area contributed by atoms with Crippen LogP contribution in [0.3, 0.4) is 0 Å². The van der Waals surface area contributed by atoms with Crippen molar-refractivity contribution in [2.24, 2.45) is 5.92 Å². The highest BCUT2D eigenvalue weighted by molar-refractivity contribution is 5.74. The topological polar surface area (TPSA) is 54.0 Å². The summed E-state index contributed by atoms with van der Waals surface area (Å²) >= 11 is 0. The Labute approximate surface area is 131 Å². The van der Waals surface area contributed by atoms with Gasteiger partial charge in [0, 0.05) is 18.9 Å². The van der Waals surface area contributed by atoms with E-state index in [4.69, 9.17) is 0 Å². The van der Waals surface area contributed by atoms with E-state index < -0.39 is 0 Å². The molecule has 0 saturated heterocycles. The molecule has 0 radical (unpaired) electrons. The maximum Gasteiger partial charge on any atom is 0.315 e. The molecule has 1 heterocycles. The number of pyridine rings is 1. The van der Waals surface area contributed by atoms with Gasteiger partial charge in [-0.05, 0) is 42.0 Å². The number of aryl methyl sites for hydroxylation is 1. The van der Waals surface area contributed by atoms with Gasteiger partial charge in [0.25, 0.3) is 0 Å². The molecule has 2 amide bonds. The zero-order valence-corrected chi connectivity index (χ0v) is 13.0. The predicted octanol–water partition coefficient (Wildman–Crippen LogP) is 3.12. The first-order valence-electron chi connectivity index (χ1n) is 7.66. The number of hydrogen-bond acceptors (Lipinski definition) is 2. The van der Waals surface area contributed by atoms with Crippen molar-refractivity contribution >= 4 is 6.03 Å². The Morgan fingerprint density at radius 1 is 1.36 bits per heavy atom. The van der Waals surface area contributed by atoms with Crippen molar-refractivity contribution in [1.29, 1.82) is 0 Å². The van der Waals surface area contributed by atoms with E-state index >= 15 is 0 Å². The lowest BCUT2D eigenvalue weighted by molar-refractivity contribution is 0.233. The molecule has 0 aliphatic heterocycles. The van der Waals surface area contributed by atoms with Gasteiger partial charge in [-0.3, -0.25) is 4.98 Å². The van der Waals surface area contributed by atoms with Gasteiger partial charge in [0.05, 0.1) is 6.04 Å². The molecule has 0 saturated carbocycles. The van der Waals surface area contributed by atoms with Gasteiger partial charge in [0.2, 0.25) is 0 Å². The van der Waals surface area contributed by atoms with Crippen molar-refractivity contribution in [2.45, 2.75) is 32.9 Å². The highest BCUT2D eigenvalue weighted by Crippen LogP contribution is 2.36. The largest absolute Gasteiger partial charge is 0.334 e. The first-order chi connectivity index (χ1) is 10.6. The Hall–Kier alpha value is -2.36. The van der Waals surface area contributed by atoms with E-state index in [9.17, 15) is 4.79 Å². The van der Waals surface area contributed by atoms with Gasteiger partial charge in [0.1, 0.15) is 0 Å². The second-order valence-electron chi connectivity index (χ2n) is 6.05. The lowest BCUT2D eigenvalue weighted by atomic mass is 10.0. The lowest BCUT2D eigenvalue weighted by Crippen LogP contribution is -2.38. The third-order valence-corrected chi connectivity index (χ3v) is 4.21. The van der Waals surface area contributed by atoms with Crippen molar-refractivity contribution in [3.8, 4) is 0 Å². The second kappa shape index (κ2) is 6.18. The van der Waals surface area contributed by atoms with Crippen LogP contribution in [0.2, 0.25) is 0 Å². The van der Waals surface area contributed by atoms with Gasteiger partial charge in [-0.15, -0.1) is 0 Å². The maximum absolute atomic E-state index is 12.2. The van der Waals surface area contributed by atoms with Crippen molar-refractivity contribution in [3.63, 3.8) is 0 Å². The van der Waals surface area contributed by atoms with Crippen LogP contribution in [0.1, 0.15) is 35.2 Å². The monoisotopic (exact) mass is 295 g/mol. The van der Waals surface area contributed by atoms with Crippen LogP contribution < -0.4 is 10.6 Å². The first-order valence-corrected chi connectivity index (χ1v) is 7.66. The molecule has 2 N–H and O–H groups in total. The van der Waals surface area contributed by atoms with Crippen LogP contribution in [0, 0.1) is 12.8 Å². The molecule has 0 spiro atoms. The average Bonchev–Trinajstić information content (AvgIpc) is 2.82. The molecule has 114 valence electrons. The summed E-state index contributed by atoms with van der Waals surface area (Å²) in [6.07, 6.45) is 4.50. The third-order valence-electron chi connectivity index (χ3n) is 4.21. The summed E-state index contributed by atoms with van der Waals surface area (Å²) in [7, 11) is 0. The van der Waals surface area contributed by atoms with Gasteiger partial charge in [-0.25, -0.2) is 4.79 Å². The molecule has 2 atom stereocenters. The van der Waals surface area contributed by atoms with Crippen LogP contribution in [-0.4, -0.2) is 11.0 Å². The molecule has 1 aliphatic rings. The van der Waals surface area contributed by atoms with Gasteiger partial charge in [-0.2, -0.15) is 0 Å². The predicted molar refractivity (Wildman–Crippen MR) is 86.4 cm³/mol. The minimum absolute atomic E-state index is 0.0869. The Bertz CT molecular complexity index is 669. The van der Waals surface area contributed by atoms with E-state index in [1.54, 1.807) is 12.4 Å². The number of carbonyl (C=O) groups excluding carboxylic acids is 1. The molecule has 4 heteroatoms. The van der Waals surface area contributed by atoms with Crippen LogP contribution >= 0.6 is 0 Å². The average molecular weight is 295 g/mol. The van der Waals surface area contributed by atoms with Crippen LogP contribution in [0.5, 0.6) is 0 Å². The van der Waals surface area contributed by atoms with E-state index in [0.29, 0.717) is 12.5 Å². The Morgan fingerprint density at radius 3 is 3.00 bits per heavy atom. The first kappa shape index (κ1) is 14.6. The molecule has 22 heavy (non-hydrogen) atoms. The number of fused-ring (bicyclic) bond motifs is 1. The van der Waals surface area contributed by atoms with Gasteiger partial charge in [-0.1, -0.05) is 36.8 Å². The zero-order valence-electron chi connectivity index (χ0n) is 13.0. The molecular formula is C18H21N3O. The highest BCUT2D eigenvalue weighted by atomic mass is 16.2. The van der Waals surface area contributed by atoms with Crippen LogP contribution in [0.15, 0.2) is 42.7 Å². The van der Waals surface area contributed by atoms with Crippen LogP contribution in [0.25, 0.3) is 0 Å². The Balaban J connectivity index is 1.63. The minimum atomic E-state index is -0.130. The summed E-state index contributed by atoms with van der Waals surface area (Å²) < 4.78 is 0. The van der Waals surface area contributed by atoms with E-state index in [0.717, 1.165) is 12.0 Å². The van der Waals surface area contributed by atoms with Crippen LogP contribution in [0.4, 0.5) is 4.79 Å². The molecule has 3 rings (SSSR count). The Kier molecular flexibility index (Phi) is 4.09. The number of nitrogens with zero attached hydrogens (tertiary/aromatic N) is 1. The summed E-state index contributed by atoms with van der Waals surface area (Å²) in [5.74, 6) is 0.418. The molecule has 2 unspecified atom stereocenters. The molecule has 1 aromatic carbocycles. The summed E-state index contributed by atoms with van der Waals surface area (Å²) in [4.78, 5) is 16.2. The quantitative estimate of drug-likeness (QED) is 0.914. The van der Waals surface area contributed by atoms with Crippen LogP contribution in [-0.2, 0) is 13.0 Å². The second-order valence-corrected chi connectivity index (χ2v) is 6.05. The van der Waals surface area contributed by atoms with Crippen molar-refractivity contribution in [2.75, 3.05) is 0 Å². The fraction of sp³-hybridized carbons (Fsp3) is 0.333. The van der Waals surface area contributed by atoms with E-state index in [1.165, 1.54) is 16.7 Å². The molecular weight excluding hydrogens is 274 g/mol. The number of urea groups is 1. The summed E-state index contributed by atoms with van der Waals surface area (Å²) in [5.41, 5.74) is 4.82. The van der Waals surface area contributed by atoms with Crippen molar-refractivity contribution in [1.82, 2.24) is 15.6 Å². The van der Waals surface area contributed by atoms with Crippen molar-refractivity contribution < 1.29 is 4.79 Å². The summed E-state index contributed by atoms with van der Waals surface area (Å²) in [6.45, 7) is 4.76. The number of aromatic nitrogens is 1. The standard InChI is InChI=1S/C18H21N3O/c1-12-5-6-15-9-13(2)17(16(15)8-12)21-18(22)20-11-14-4-3-7-19-10-14/h3-8,10,13,17H,9,11H2,1-2H3,(H2,20,21,22). The summed E-state index contributed by atoms with van der Waals surface area (Å²) in [5, 5.41) is 6.01. The SMILES string of the molecule is Cc1ccc2c(c1)C(NC(=O)NCc1cccnc1)C(C)C2. The number of hydrogen-bond donors (Lipinski definition) is 2. The van der Waals surface area contributed by atoms with Gasteiger partial charge < -0.3 is 10.6 Å².